The lowest BCUT2D eigenvalue weighted by atomic mass is 9.87. The van der Waals surface area contributed by atoms with Crippen molar-refractivity contribution in [2.24, 2.45) is 0 Å². The van der Waals surface area contributed by atoms with Crippen LogP contribution in [0.3, 0.4) is 0 Å². The van der Waals surface area contributed by atoms with Crippen molar-refractivity contribution >= 4 is 17.5 Å². The number of ketones is 1. The predicted molar refractivity (Wildman–Crippen MR) is 66.9 cm³/mol. The maximum atomic E-state index is 11.3. The second kappa shape index (κ2) is 4.60. The summed E-state index contributed by atoms with van der Waals surface area (Å²) in [6.07, 6.45) is 1.55. The monoisotopic (exact) mass is 236 g/mol. The van der Waals surface area contributed by atoms with E-state index in [9.17, 15) is 9.90 Å². The number of Topliss-reactive ketones (excluding diaryl/α,β-unsaturated/α-hetero) is 1. The summed E-state index contributed by atoms with van der Waals surface area (Å²) in [4.78, 5) is 11.3. The van der Waals surface area contributed by atoms with Crippen LogP contribution >= 0.6 is 11.8 Å². The van der Waals surface area contributed by atoms with Crippen LogP contribution in [0.25, 0.3) is 0 Å². The molecule has 86 valence electrons. The Labute approximate surface area is 100 Å². The molecule has 2 nitrogen and oxygen atoms in total. The molecule has 0 radical (unpaired) electrons. The van der Waals surface area contributed by atoms with E-state index in [0.717, 1.165) is 29.9 Å². The molecular formula is C13H16O2S. The van der Waals surface area contributed by atoms with Gasteiger partial charge in [-0.3, -0.25) is 4.79 Å². The Bertz CT molecular complexity index is 395. The van der Waals surface area contributed by atoms with Crippen LogP contribution in [0.15, 0.2) is 24.3 Å². The standard InChI is InChI=1S/C13H16O2S/c1-10(14)11-3-2-4-12(9-11)13(15)5-7-16-8-6-13/h2-4,9,15H,5-8H2,1H3. The highest BCUT2D eigenvalue weighted by molar-refractivity contribution is 7.99. The molecule has 0 unspecified atom stereocenters. The van der Waals surface area contributed by atoms with E-state index in [2.05, 4.69) is 0 Å². The van der Waals surface area contributed by atoms with Crippen LogP contribution in [0.1, 0.15) is 35.7 Å². The topological polar surface area (TPSA) is 37.3 Å². The average molecular weight is 236 g/mol. The second-order valence-corrected chi connectivity index (χ2v) is 5.51. The zero-order valence-corrected chi connectivity index (χ0v) is 10.2. The molecule has 0 atom stereocenters. The minimum absolute atomic E-state index is 0.0515. The van der Waals surface area contributed by atoms with E-state index in [1.807, 2.05) is 30.0 Å². The van der Waals surface area contributed by atoms with Crippen molar-refractivity contribution in [3.05, 3.63) is 35.4 Å². The van der Waals surface area contributed by atoms with Crippen molar-refractivity contribution in [1.82, 2.24) is 0 Å². The SMILES string of the molecule is CC(=O)c1cccc(C2(O)CCSCC2)c1. The molecule has 1 aromatic carbocycles. The van der Waals surface area contributed by atoms with Crippen molar-refractivity contribution in [1.29, 1.82) is 0 Å². The Hall–Kier alpha value is -0.800. The second-order valence-electron chi connectivity index (χ2n) is 4.28. The van der Waals surface area contributed by atoms with Gasteiger partial charge in [0.2, 0.25) is 0 Å². The summed E-state index contributed by atoms with van der Waals surface area (Å²) >= 11 is 1.88. The highest BCUT2D eigenvalue weighted by atomic mass is 32.2. The molecule has 1 aromatic rings. The smallest absolute Gasteiger partial charge is 0.159 e. The lowest BCUT2D eigenvalue weighted by Crippen LogP contribution is -2.30. The number of benzene rings is 1. The summed E-state index contributed by atoms with van der Waals surface area (Å²) in [6.45, 7) is 1.56. The highest BCUT2D eigenvalue weighted by Gasteiger charge is 2.31. The first-order valence-corrected chi connectivity index (χ1v) is 6.69. The maximum Gasteiger partial charge on any atom is 0.159 e. The number of aliphatic hydroxyl groups is 1. The lowest BCUT2D eigenvalue weighted by Gasteiger charge is -2.32. The van der Waals surface area contributed by atoms with E-state index in [1.165, 1.54) is 0 Å². The molecule has 1 saturated heterocycles. The number of thioether (sulfide) groups is 1. The Balaban J connectivity index is 2.31. The van der Waals surface area contributed by atoms with Crippen LogP contribution in [-0.4, -0.2) is 22.4 Å². The van der Waals surface area contributed by atoms with Crippen LogP contribution in [0.2, 0.25) is 0 Å². The van der Waals surface area contributed by atoms with E-state index in [-0.39, 0.29) is 5.78 Å². The van der Waals surface area contributed by atoms with Crippen molar-refractivity contribution in [3.63, 3.8) is 0 Å². The van der Waals surface area contributed by atoms with Gasteiger partial charge in [0.1, 0.15) is 0 Å². The molecule has 0 amide bonds. The van der Waals surface area contributed by atoms with Gasteiger partial charge in [0.15, 0.2) is 5.78 Å². The molecule has 3 heteroatoms. The summed E-state index contributed by atoms with van der Waals surface area (Å²) in [5.74, 6) is 2.03. The van der Waals surface area contributed by atoms with Crippen molar-refractivity contribution in [3.8, 4) is 0 Å². The molecule has 0 spiro atoms. The summed E-state index contributed by atoms with van der Waals surface area (Å²) in [5.41, 5.74) is 0.848. The molecule has 0 aliphatic carbocycles. The number of carbonyl (C=O) groups is 1. The Morgan fingerprint density at radius 3 is 2.69 bits per heavy atom. The van der Waals surface area contributed by atoms with Gasteiger partial charge in [-0.05, 0) is 42.9 Å². The van der Waals surface area contributed by atoms with Crippen LogP contribution in [0, 0.1) is 0 Å². The zero-order chi connectivity index (χ0) is 11.6. The third-order valence-electron chi connectivity index (χ3n) is 3.13. The molecule has 1 aliphatic rings. The van der Waals surface area contributed by atoms with Crippen LogP contribution in [0.4, 0.5) is 0 Å². The normalized spacial score (nSPS) is 19.4. The Morgan fingerprint density at radius 1 is 1.38 bits per heavy atom. The first-order valence-electron chi connectivity index (χ1n) is 5.53. The summed E-state index contributed by atoms with van der Waals surface area (Å²) < 4.78 is 0. The fourth-order valence-corrected chi connectivity index (χ4v) is 3.19. The van der Waals surface area contributed by atoms with Gasteiger partial charge < -0.3 is 5.11 Å². The van der Waals surface area contributed by atoms with E-state index < -0.39 is 5.60 Å². The predicted octanol–water partition coefficient (Wildman–Crippen LogP) is 2.60. The van der Waals surface area contributed by atoms with Gasteiger partial charge in [-0.25, -0.2) is 0 Å². The van der Waals surface area contributed by atoms with Crippen molar-refractivity contribution in [2.75, 3.05) is 11.5 Å². The molecule has 1 aliphatic heterocycles. The average Bonchev–Trinajstić information content (AvgIpc) is 2.30. The lowest BCUT2D eigenvalue weighted by molar-refractivity contribution is 0.0280. The quantitative estimate of drug-likeness (QED) is 0.802. The first kappa shape index (κ1) is 11.7. The maximum absolute atomic E-state index is 11.3. The number of carbonyl (C=O) groups excluding carboxylic acids is 1. The fourth-order valence-electron chi connectivity index (χ4n) is 2.03. The number of rotatable bonds is 2. The number of hydrogen-bond acceptors (Lipinski definition) is 3. The molecule has 1 heterocycles. The van der Waals surface area contributed by atoms with Gasteiger partial charge in [0.25, 0.3) is 0 Å². The summed E-state index contributed by atoms with van der Waals surface area (Å²) in [6, 6.07) is 7.40. The highest BCUT2D eigenvalue weighted by Crippen LogP contribution is 2.35. The molecule has 0 bridgehead atoms. The summed E-state index contributed by atoms with van der Waals surface area (Å²) in [7, 11) is 0. The van der Waals surface area contributed by atoms with Crippen LogP contribution in [0.5, 0.6) is 0 Å². The van der Waals surface area contributed by atoms with Crippen molar-refractivity contribution < 1.29 is 9.90 Å². The zero-order valence-electron chi connectivity index (χ0n) is 9.40. The third kappa shape index (κ3) is 2.30. The minimum Gasteiger partial charge on any atom is -0.385 e. The van der Waals surface area contributed by atoms with E-state index >= 15 is 0 Å². The largest absolute Gasteiger partial charge is 0.385 e. The first-order chi connectivity index (χ1) is 7.62. The van der Waals surface area contributed by atoms with Gasteiger partial charge in [0.05, 0.1) is 5.60 Å². The van der Waals surface area contributed by atoms with E-state index in [1.54, 1.807) is 13.0 Å². The minimum atomic E-state index is -0.725. The van der Waals surface area contributed by atoms with Gasteiger partial charge >= 0.3 is 0 Å². The summed E-state index contributed by atoms with van der Waals surface area (Å²) in [5, 5.41) is 10.5. The molecule has 16 heavy (non-hydrogen) atoms. The molecule has 1 N–H and O–H groups in total. The van der Waals surface area contributed by atoms with Crippen LogP contribution < -0.4 is 0 Å². The molecule has 0 saturated carbocycles. The third-order valence-corrected chi connectivity index (χ3v) is 4.11. The van der Waals surface area contributed by atoms with E-state index in [0.29, 0.717) is 5.56 Å². The molecule has 2 rings (SSSR count). The molecule has 0 aromatic heterocycles. The molecule has 1 fully saturated rings. The van der Waals surface area contributed by atoms with Gasteiger partial charge in [-0.15, -0.1) is 0 Å². The van der Waals surface area contributed by atoms with Crippen LogP contribution in [-0.2, 0) is 5.60 Å². The molecular weight excluding hydrogens is 220 g/mol. The fraction of sp³-hybridized carbons (Fsp3) is 0.462. The van der Waals surface area contributed by atoms with E-state index in [4.69, 9.17) is 0 Å². The van der Waals surface area contributed by atoms with Gasteiger partial charge in [-0.1, -0.05) is 18.2 Å². The van der Waals surface area contributed by atoms with Crippen molar-refractivity contribution in [2.45, 2.75) is 25.4 Å². The Kier molecular flexibility index (Phi) is 3.36. The number of hydrogen-bond donors (Lipinski definition) is 1. The Morgan fingerprint density at radius 2 is 2.06 bits per heavy atom. The van der Waals surface area contributed by atoms with Gasteiger partial charge in [-0.2, -0.15) is 11.8 Å². The van der Waals surface area contributed by atoms with Gasteiger partial charge in [0, 0.05) is 5.56 Å².